The fourth-order valence-electron chi connectivity index (χ4n) is 3.73. The van der Waals surface area contributed by atoms with Gasteiger partial charge in [-0.15, -0.1) is 0 Å². The number of nitrogens with zero attached hydrogens (tertiary/aromatic N) is 1. The van der Waals surface area contributed by atoms with Crippen molar-refractivity contribution in [1.29, 1.82) is 0 Å². The van der Waals surface area contributed by atoms with E-state index in [0.29, 0.717) is 23.0 Å². The molecule has 9 heteroatoms. The lowest BCUT2D eigenvalue weighted by molar-refractivity contribution is -0.121. The van der Waals surface area contributed by atoms with Crippen LogP contribution in [0.2, 0.25) is 5.02 Å². The number of methoxy groups -OCH3 is 1. The molecule has 1 aliphatic rings. The van der Waals surface area contributed by atoms with Crippen LogP contribution in [0.4, 0.5) is 11.4 Å². The number of carbonyl (C=O) groups excluding carboxylic acids is 3. The van der Waals surface area contributed by atoms with Gasteiger partial charge in [0, 0.05) is 17.9 Å². The van der Waals surface area contributed by atoms with Gasteiger partial charge in [-0.05, 0) is 48.4 Å². The number of ether oxygens (including phenoxy) is 3. The third-order valence-electron chi connectivity index (χ3n) is 5.42. The van der Waals surface area contributed by atoms with Gasteiger partial charge in [-0.2, -0.15) is 0 Å². The number of para-hydroxylation sites is 2. The van der Waals surface area contributed by atoms with Gasteiger partial charge in [-0.3, -0.25) is 9.59 Å². The Bertz CT molecular complexity index is 1260. The lowest BCUT2D eigenvalue weighted by Gasteiger charge is -2.17. The highest BCUT2D eigenvalue weighted by Gasteiger charge is 2.25. The summed E-state index contributed by atoms with van der Waals surface area (Å²) in [6, 6.07) is 18.8. The Balaban J connectivity index is 1.33. The molecule has 0 saturated heterocycles. The molecule has 2 amide bonds. The summed E-state index contributed by atoms with van der Waals surface area (Å²) in [6.45, 7) is -0.207. The van der Waals surface area contributed by atoms with Crippen molar-refractivity contribution in [2.45, 2.75) is 6.42 Å². The monoisotopic (exact) mass is 494 g/mol. The number of carbonyl (C=O) groups is 3. The third-order valence-corrected chi connectivity index (χ3v) is 5.71. The van der Waals surface area contributed by atoms with Crippen LogP contribution in [0.5, 0.6) is 11.5 Å². The van der Waals surface area contributed by atoms with Crippen LogP contribution in [0.25, 0.3) is 0 Å². The summed E-state index contributed by atoms with van der Waals surface area (Å²) in [7, 11) is 1.50. The smallest absolute Gasteiger partial charge is 0.342 e. The largest absolute Gasteiger partial charge is 0.495 e. The highest BCUT2D eigenvalue weighted by Crippen LogP contribution is 2.28. The maximum absolute atomic E-state index is 12.7. The second-order valence-electron chi connectivity index (χ2n) is 7.68. The maximum atomic E-state index is 12.7. The normalized spacial score (nSPS) is 12.0. The number of hydrogen-bond donors (Lipinski definition) is 1. The molecule has 1 aliphatic heterocycles. The Kier molecular flexibility index (Phi) is 7.52. The fourth-order valence-corrected chi connectivity index (χ4v) is 3.98. The van der Waals surface area contributed by atoms with Gasteiger partial charge < -0.3 is 24.4 Å². The van der Waals surface area contributed by atoms with Crippen LogP contribution in [0, 0.1) is 0 Å². The number of halogens is 1. The van der Waals surface area contributed by atoms with E-state index in [2.05, 4.69) is 5.32 Å². The molecule has 35 heavy (non-hydrogen) atoms. The molecule has 0 saturated carbocycles. The molecule has 4 rings (SSSR count). The Hall–Kier alpha value is -4.04. The van der Waals surface area contributed by atoms with Crippen LogP contribution in [-0.2, 0) is 20.7 Å². The van der Waals surface area contributed by atoms with E-state index in [-0.39, 0.29) is 23.8 Å². The first-order valence-corrected chi connectivity index (χ1v) is 11.2. The first-order chi connectivity index (χ1) is 17.0. The fraction of sp³-hybridized carbons (Fsp3) is 0.192. The molecule has 0 bridgehead atoms. The Morgan fingerprint density at radius 1 is 0.971 bits per heavy atom. The van der Waals surface area contributed by atoms with Crippen molar-refractivity contribution in [3.63, 3.8) is 0 Å². The van der Waals surface area contributed by atoms with Crippen LogP contribution in [0.1, 0.15) is 15.9 Å². The number of fused-ring (bicyclic) bond motifs is 1. The Morgan fingerprint density at radius 3 is 2.54 bits per heavy atom. The predicted molar refractivity (Wildman–Crippen MR) is 131 cm³/mol. The van der Waals surface area contributed by atoms with Gasteiger partial charge in [0.25, 0.3) is 11.8 Å². The SMILES string of the molecule is COc1ccc(NC(=O)COc2ccccc2C(=O)OCC(=O)N2CCc3ccccc32)cc1Cl. The van der Waals surface area contributed by atoms with Crippen LogP contribution in [-0.4, -0.2) is 44.7 Å². The number of anilines is 2. The summed E-state index contributed by atoms with van der Waals surface area (Å²) in [5.41, 5.74) is 2.50. The van der Waals surface area contributed by atoms with E-state index in [9.17, 15) is 14.4 Å². The van der Waals surface area contributed by atoms with E-state index in [0.717, 1.165) is 17.7 Å². The van der Waals surface area contributed by atoms with E-state index in [1.165, 1.54) is 13.2 Å². The van der Waals surface area contributed by atoms with E-state index >= 15 is 0 Å². The second kappa shape index (κ2) is 10.9. The molecule has 8 nitrogen and oxygen atoms in total. The molecular formula is C26H23ClN2O6. The average Bonchev–Trinajstić information content (AvgIpc) is 3.30. The number of benzene rings is 3. The van der Waals surface area contributed by atoms with Gasteiger partial charge >= 0.3 is 5.97 Å². The summed E-state index contributed by atoms with van der Waals surface area (Å²) >= 11 is 6.07. The molecule has 180 valence electrons. The molecular weight excluding hydrogens is 472 g/mol. The summed E-state index contributed by atoms with van der Waals surface area (Å²) in [5, 5.41) is 3.02. The van der Waals surface area contributed by atoms with Crippen molar-refractivity contribution in [3.05, 3.63) is 82.9 Å². The van der Waals surface area contributed by atoms with Crippen LogP contribution in [0.15, 0.2) is 66.7 Å². The highest BCUT2D eigenvalue weighted by molar-refractivity contribution is 6.32. The minimum Gasteiger partial charge on any atom is -0.495 e. The zero-order valence-electron chi connectivity index (χ0n) is 19.0. The molecule has 0 radical (unpaired) electrons. The van der Waals surface area contributed by atoms with Crippen molar-refractivity contribution in [2.75, 3.05) is 37.1 Å². The molecule has 0 atom stereocenters. The molecule has 1 heterocycles. The number of nitrogens with one attached hydrogen (secondary N) is 1. The van der Waals surface area contributed by atoms with Gasteiger partial charge in [0.15, 0.2) is 13.2 Å². The van der Waals surface area contributed by atoms with Gasteiger partial charge in [0.05, 0.1) is 12.1 Å². The van der Waals surface area contributed by atoms with Crippen molar-refractivity contribution in [2.24, 2.45) is 0 Å². The lowest BCUT2D eigenvalue weighted by Crippen LogP contribution is -2.33. The third kappa shape index (κ3) is 5.73. The molecule has 1 N–H and O–H groups in total. The molecule has 0 aliphatic carbocycles. The highest BCUT2D eigenvalue weighted by atomic mass is 35.5. The van der Waals surface area contributed by atoms with E-state index in [1.807, 2.05) is 24.3 Å². The van der Waals surface area contributed by atoms with Gasteiger partial charge in [0.1, 0.15) is 17.1 Å². The Morgan fingerprint density at radius 2 is 1.74 bits per heavy atom. The molecule has 3 aromatic carbocycles. The minimum atomic E-state index is -0.719. The standard InChI is InChI=1S/C26H23ClN2O6/c1-33-23-11-10-18(14-20(23)27)28-24(30)15-34-22-9-5-3-7-19(22)26(32)35-16-25(31)29-13-12-17-6-2-4-8-21(17)29/h2-11,14H,12-13,15-16H2,1H3,(H,28,30). The minimum absolute atomic E-state index is 0.113. The zero-order chi connectivity index (χ0) is 24.8. The molecule has 0 fully saturated rings. The zero-order valence-corrected chi connectivity index (χ0v) is 19.7. The Labute approximate surface area is 207 Å². The van der Waals surface area contributed by atoms with E-state index in [4.69, 9.17) is 25.8 Å². The van der Waals surface area contributed by atoms with Crippen molar-refractivity contribution < 1.29 is 28.6 Å². The van der Waals surface area contributed by atoms with Crippen LogP contribution >= 0.6 is 11.6 Å². The quantitative estimate of drug-likeness (QED) is 0.474. The summed E-state index contributed by atoms with van der Waals surface area (Å²) < 4.78 is 15.9. The second-order valence-corrected chi connectivity index (χ2v) is 8.09. The first kappa shape index (κ1) is 24.1. The average molecular weight is 495 g/mol. The van der Waals surface area contributed by atoms with Gasteiger partial charge in [0.2, 0.25) is 0 Å². The van der Waals surface area contributed by atoms with Gasteiger partial charge in [-0.1, -0.05) is 41.9 Å². The van der Waals surface area contributed by atoms with Crippen LogP contribution < -0.4 is 19.7 Å². The molecule has 0 unspecified atom stereocenters. The molecule has 3 aromatic rings. The number of hydrogen-bond acceptors (Lipinski definition) is 6. The summed E-state index contributed by atoms with van der Waals surface area (Å²) in [6.07, 6.45) is 0.761. The molecule has 0 spiro atoms. The van der Waals surface area contributed by atoms with Crippen molar-refractivity contribution >= 4 is 40.8 Å². The van der Waals surface area contributed by atoms with E-state index < -0.39 is 18.5 Å². The predicted octanol–water partition coefficient (Wildman–Crippen LogP) is 4.11. The maximum Gasteiger partial charge on any atom is 0.342 e. The van der Waals surface area contributed by atoms with Gasteiger partial charge in [-0.25, -0.2) is 4.79 Å². The summed E-state index contributed by atoms with van der Waals surface area (Å²) in [4.78, 5) is 39.2. The van der Waals surface area contributed by atoms with E-state index in [1.54, 1.807) is 41.3 Å². The van der Waals surface area contributed by atoms with Crippen molar-refractivity contribution in [1.82, 2.24) is 0 Å². The topological polar surface area (TPSA) is 94.2 Å². The van der Waals surface area contributed by atoms with Crippen molar-refractivity contribution in [3.8, 4) is 11.5 Å². The molecule has 0 aromatic heterocycles. The lowest BCUT2D eigenvalue weighted by atomic mass is 10.2. The number of amides is 2. The van der Waals surface area contributed by atoms with Crippen LogP contribution in [0.3, 0.4) is 0 Å². The number of rotatable bonds is 8. The summed E-state index contributed by atoms with van der Waals surface area (Å²) in [5.74, 6) is -0.819. The first-order valence-electron chi connectivity index (χ1n) is 10.9. The number of esters is 1.